The molecule has 1 aromatic rings. The summed E-state index contributed by atoms with van der Waals surface area (Å²) in [4.78, 5) is 0.198. The molecule has 1 aliphatic heterocycles. The van der Waals surface area contributed by atoms with Crippen molar-refractivity contribution in [1.82, 2.24) is 0 Å². The van der Waals surface area contributed by atoms with Crippen molar-refractivity contribution in [2.45, 2.75) is 24.8 Å². The monoisotopic (exact) mass is 272 g/mol. The lowest BCUT2D eigenvalue weighted by molar-refractivity contribution is 0.107. The molecular weight excluding hydrogens is 260 g/mol. The minimum Gasteiger partial charge on any atom is -0.374 e. The van der Waals surface area contributed by atoms with Crippen molar-refractivity contribution in [3.05, 3.63) is 34.2 Å². The zero-order chi connectivity index (χ0) is 12.6. The quantitative estimate of drug-likeness (QED) is 0.850. The summed E-state index contributed by atoms with van der Waals surface area (Å²) in [5.74, 6) is 0. The summed E-state index contributed by atoms with van der Waals surface area (Å²) in [5.41, 5.74) is 1.31. The molecule has 0 amide bonds. The lowest BCUT2D eigenvalue weighted by Gasteiger charge is -2.09. The Morgan fingerprint density at radius 3 is 2.71 bits per heavy atom. The molecule has 17 heavy (non-hydrogen) atoms. The van der Waals surface area contributed by atoms with E-state index in [9.17, 15) is 8.42 Å². The summed E-state index contributed by atoms with van der Waals surface area (Å²) in [6.07, 6.45) is 0.0573. The van der Waals surface area contributed by atoms with Crippen molar-refractivity contribution >= 4 is 27.0 Å². The van der Waals surface area contributed by atoms with E-state index >= 15 is 0 Å². The summed E-state index contributed by atoms with van der Waals surface area (Å²) in [5, 5.41) is 1.50. The number of hydrogen-bond donors (Lipinski definition) is 0. The average Bonchev–Trinajstić information content (AvgIpc) is 2.49. The number of ether oxygens (including phenoxy) is 1. The molecule has 2 rings (SSSR count). The maximum atomic E-state index is 11.9. The molecule has 0 aromatic heterocycles. The Hall–Kier alpha value is -0.840. The van der Waals surface area contributed by atoms with Crippen molar-refractivity contribution in [2.24, 2.45) is 0 Å². The fourth-order valence-corrected chi connectivity index (χ4v) is 3.76. The Labute approximate surface area is 106 Å². The molecule has 0 saturated heterocycles. The molecule has 0 N–H and O–H groups in total. The highest BCUT2D eigenvalue weighted by atomic mass is 35.5. The van der Waals surface area contributed by atoms with E-state index in [1.165, 1.54) is 5.41 Å². The van der Waals surface area contributed by atoms with E-state index in [0.717, 1.165) is 0 Å². The number of halogens is 1. The first-order chi connectivity index (χ1) is 7.92. The molecular formula is C12H13ClO3S. The molecule has 0 bridgehead atoms. The third-order valence-electron chi connectivity index (χ3n) is 2.47. The van der Waals surface area contributed by atoms with Crippen molar-refractivity contribution in [1.29, 1.82) is 0 Å². The third kappa shape index (κ3) is 2.39. The summed E-state index contributed by atoms with van der Waals surface area (Å²) in [7, 11) is -3.41. The van der Waals surface area contributed by atoms with Crippen LogP contribution < -0.4 is 0 Å². The van der Waals surface area contributed by atoms with Crippen molar-refractivity contribution in [3.8, 4) is 0 Å². The zero-order valence-electron chi connectivity index (χ0n) is 9.60. The first-order valence-electron chi connectivity index (χ1n) is 5.28. The third-order valence-corrected chi connectivity index (χ3v) is 4.50. The Morgan fingerprint density at radius 1 is 1.35 bits per heavy atom. The lowest BCUT2D eigenvalue weighted by Crippen LogP contribution is -2.04. The normalized spacial score (nSPS) is 17.1. The van der Waals surface area contributed by atoms with Gasteiger partial charge in [0, 0.05) is 11.0 Å². The fraction of sp³-hybridized carbons (Fsp3) is 0.333. The van der Waals surface area contributed by atoms with Gasteiger partial charge >= 0.3 is 0 Å². The molecule has 0 aliphatic carbocycles. The zero-order valence-corrected chi connectivity index (χ0v) is 11.2. The van der Waals surface area contributed by atoms with Gasteiger partial charge in [0.05, 0.1) is 22.6 Å². The maximum Gasteiger partial charge on any atom is 0.202 e. The topological polar surface area (TPSA) is 43.4 Å². The molecule has 0 saturated carbocycles. The van der Waals surface area contributed by atoms with E-state index in [1.54, 1.807) is 18.2 Å². The van der Waals surface area contributed by atoms with Gasteiger partial charge in [0.2, 0.25) is 9.84 Å². The second-order valence-corrected chi connectivity index (χ2v) is 6.31. The van der Waals surface area contributed by atoms with Crippen LogP contribution in [0.25, 0.3) is 5.57 Å². The average molecular weight is 273 g/mol. The molecule has 1 aromatic carbocycles. The minimum absolute atomic E-state index is 0.0573. The van der Waals surface area contributed by atoms with Crippen LogP contribution >= 0.6 is 11.6 Å². The summed E-state index contributed by atoms with van der Waals surface area (Å²) < 4.78 is 29.3. The van der Waals surface area contributed by atoms with Gasteiger partial charge in [-0.1, -0.05) is 23.7 Å². The predicted molar refractivity (Wildman–Crippen MR) is 67.7 cm³/mol. The second-order valence-electron chi connectivity index (χ2n) is 4.16. The van der Waals surface area contributed by atoms with Crippen LogP contribution in [-0.2, 0) is 14.6 Å². The van der Waals surface area contributed by atoms with Gasteiger partial charge in [-0.2, -0.15) is 0 Å². The van der Waals surface area contributed by atoms with Crippen LogP contribution in [0.1, 0.15) is 19.4 Å². The number of hydrogen-bond acceptors (Lipinski definition) is 3. The van der Waals surface area contributed by atoms with Crippen LogP contribution in [0.4, 0.5) is 0 Å². The van der Waals surface area contributed by atoms with Gasteiger partial charge in [-0.05, 0) is 25.5 Å². The van der Waals surface area contributed by atoms with Crippen LogP contribution in [0.3, 0.4) is 0 Å². The molecule has 3 nitrogen and oxygen atoms in total. The number of benzene rings is 1. The number of rotatable bonds is 3. The second kappa shape index (κ2) is 4.44. The van der Waals surface area contributed by atoms with E-state index in [1.807, 2.05) is 13.8 Å². The van der Waals surface area contributed by atoms with Crippen molar-refractivity contribution in [3.63, 3.8) is 0 Å². The van der Waals surface area contributed by atoms with Gasteiger partial charge in [0.25, 0.3) is 0 Å². The van der Waals surface area contributed by atoms with Gasteiger partial charge in [-0.3, -0.25) is 0 Å². The molecule has 1 heterocycles. The van der Waals surface area contributed by atoms with Gasteiger partial charge in [-0.15, -0.1) is 0 Å². The smallest absolute Gasteiger partial charge is 0.202 e. The first kappa shape index (κ1) is 12.6. The van der Waals surface area contributed by atoms with E-state index in [0.29, 0.717) is 11.1 Å². The van der Waals surface area contributed by atoms with E-state index in [2.05, 4.69) is 0 Å². The molecule has 5 heteroatoms. The largest absolute Gasteiger partial charge is 0.374 e. The van der Waals surface area contributed by atoms with Gasteiger partial charge < -0.3 is 4.74 Å². The van der Waals surface area contributed by atoms with Crippen LogP contribution in [0.2, 0.25) is 5.02 Å². The van der Waals surface area contributed by atoms with Gasteiger partial charge in [-0.25, -0.2) is 8.42 Å². The minimum atomic E-state index is -3.41. The highest BCUT2D eigenvalue weighted by Crippen LogP contribution is 2.37. The molecule has 0 fully saturated rings. The van der Waals surface area contributed by atoms with E-state index in [4.69, 9.17) is 16.3 Å². The standard InChI is InChI=1S/C12H13ClO3S/c1-8(2)16-6-9-7-17(14,15)12-10(9)4-3-5-11(12)13/h3-5,7-8H,6H2,1-2H3. The maximum absolute atomic E-state index is 11.9. The van der Waals surface area contributed by atoms with E-state index in [-0.39, 0.29) is 22.6 Å². The van der Waals surface area contributed by atoms with Crippen molar-refractivity contribution < 1.29 is 13.2 Å². The van der Waals surface area contributed by atoms with E-state index < -0.39 is 9.84 Å². The summed E-state index contributed by atoms with van der Waals surface area (Å²) in [6, 6.07) is 5.07. The first-order valence-corrected chi connectivity index (χ1v) is 7.20. The van der Waals surface area contributed by atoms with Gasteiger partial charge in [0.1, 0.15) is 0 Å². The Bertz CT molecular complexity index is 573. The molecule has 92 valence electrons. The Kier molecular flexibility index (Phi) is 3.30. The molecule has 0 atom stereocenters. The van der Waals surface area contributed by atoms with Crippen LogP contribution in [0.15, 0.2) is 28.5 Å². The summed E-state index contributed by atoms with van der Waals surface area (Å²) in [6.45, 7) is 4.09. The highest BCUT2D eigenvalue weighted by molar-refractivity contribution is 7.95. The van der Waals surface area contributed by atoms with Gasteiger partial charge in [0.15, 0.2) is 0 Å². The molecule has 0 radical (unpaired) electrons. The molecule has 0 spiro atoms. The molecule has 1 aliphatic rings. The predicted octanol–water partition coefficient (Wildman–Crippen LogP) is 2.89. The number of fused-ring (bicyclic) bond motifs is 1. The van der Waals surface area contributed by atoms with Crippen molar-refractivity contribution in [2.75, 3.05) is 6.61 Å². The number of sulfone groups is 1. The Morgan fingerprint density at radius 2 is 2.06 bits per heavy atom. The SMILES string of the molecule is CC(C)OCC1=CS(=O)(=O)c2c(Cl)cccc21. The molecule has 0 unspecified atom stereocenters. The van der Waals surface area contributed by atoms with Crippen LogP contribution in [-0.4, -0.2) is 21.1 Å². The highest BCUT2D eigenvalue weighted by Gasteiger charge is 2.29. The fourth-order valence-electron chi connectivity index (χ4n) is 1.73. The summed E-state index contributed by atoms with van der Waals surface area (Å²) >= 11 is 5.93. The van der Waals surface area contributed by atoms with Crippen LogP contribution in [0.5, 0.6) is 0 Å². The lowest BCUT2D eigenvalue weighted by atomic mass is 10.1. The van der Waals surface area contributed by atoms with Crippen LogP contribution in [0, 0.1) is 0 Å². The Balaban J connectivity index is 2.44.